The molecule has 0 fully saturated rings. The van der Waals surface area contributed by atoms with Crippen molar-refractivity contribution in [3.63, 3.8) is 0 Å². The summed E-state index contributed by atoms with van der Waals surface area (Å²) in [6.07, 6.45) is 0. The van der Waals surface area contributed by atoms with E-state index in [0.717, 1.165) is 5.69 Å². The Morgan fingerprint density at radius 2 is 0.597 bits per heavy atom. The van der Waals surface area contributed by atoms with Gasteiger partial charge in [-0.2, -0.15) is 0 Å². The van der Waals surface area contributed by atoms with Crippen molar-refractivity contribution in [2.24, 2.45) is 0 Å². The highest BCUT2D eigenvalue weighted by Gasteiger charge is 2.17. The van der Waals surface area contributed by atoms with Gasteiger partial charge >= 0.3 is 0 Å². The fourth-order valence-corrected chi connectivity index (χ4v) is 9.54. The lowest BCUT2D eigenvalue weighted by atomic mass is 9.96. The lowest BCUT2D eigenvalue weighted by molar-refractivity contribution is 1.18. The zero-order chi connectivity index (χ0) is 41.0. The highest BCUT2D eigenvalue weighted by molar-refractivity contribution is 6.12. The molecular formula is C60H40N2. The SMILES string of the molecule is c1ccc(-c2ccc(-n3c4ccccc4c4cc(-c5ccc(-c6cccc(-c7ccc8c(c7)c7ccccc7n8-c7ccccc7-c7ccccc7)c6)cc5)ccc43)cc2)cc1. The van der Waals surface area contributed by atoms with Gasteiger partial charge in [0.25, 0.3) is 0 Å². The summed E-state index contributed by atoms with van der Waals surface area (Å²) in [6.45, 7) is 0. The average molecular weight is 789 g/mol. The van der Waals surface area contributed by atoms with Crippen LogP contribution in [0.15, 0.2) is 243 Å². The molecule has 12 rings (SSSR count). The van der Waals surface area contributed by atoms with Crippen molar-refractivity contribution in [3.8, 4) is 67.0 Å². The Hall–Kier alpha value is -8.20. The van der Waals surface area contributed by atoms with Gasteiger partial charge in [-0.15, -0.1) is 0 Å². The van der Waals surface area contributed by atoms with Gasteiger partial charge < -0.3 is 9.13 Å². The molecule has 0 N–H and O–H groups in total. The fraction of sp³-hybridized carbons (Fsp3) is 0. The molecule has 0 aliphatic heterocycles. The van der Waals surface area contributed by atoms with Gasteiger partial charge in [-0.1, -0.05) is 182 Å². The molecule has 0 unspecified atom stereocenters. The average Bonchev–Trinajstić information content (AvgIpc) is 3.87. The van der Waals surface area contributed by atoms with E-state index >= 15 is 0 Å². The van der Waals surface area contributed by atoms with Crippen LogP contribution in [0.25, 0.3) is 111 Å². The number of aromatic nitrogens is 2. The molecule has 0 aliphatic rings. The van der Waals surface area contributed by atoms with E-state index in [9.17, 15) is 0 Å². The smallest absolute Gasteiger partial charge is 0.0541 e. The molecular weight excluding hydrogens is 749 g/mol. The highest BCUT2D eigenvalue weighted by Crippen LogP contribution is 2.40. The van der Waals surface area contributed by atoms with Crippen LogP contribution < -0.4 is 0 Å². The number of para-hydroxylation sites is 3. The molecule has 12 aromatic rings. The van der Waals surface area contributed by atoms with Gasteiger partial charge in [-0.05, 0) is 111 Å². The van der Waals surface area contributed by atoms with Crippen molar-refractivity contribution < 1.29 is 0 Å². The third-order valence-corrected chi connectivity index (χ3v) is 12.6. The highest BCUT2D eigenvalue weighted by atomic mass is 15.0. The normalized spacial score (nSPS) is 11.5. The molecule has 0 radical (unpaired) electrons. The van der Waals surface area contributed by atoms with E-state index in [1.54, 1.807) is 0 Å². The Balaban J connectivity index is 0.872. The summed E-state index contributed by atoms with van der Waals surface area (Å²) in [5.41, 5.74) is 19.2. The van der Waals surface area contributed by atoms with Gasteiger partial charge in [0.15, 0.2) is 0 Å². The molecule has 0 spiro atoms. The third kappa shape index (κ3) is 6.04. The van der Waals surface area contributed by atoms with E-state index in [-0.39, 0.29) is 0 Å². The summed E-state index contributed by atoms with van der Waals surface area (Å²) in [4.78, 5) is 0. The molecule has 2 heteroatoms. The van der Waals surface area contributed by atoms with Gasteiger partial charge in [0, 0.05) is 32.8 Å². The number of hydrogen-bond acceptors (Lipinski definition) is 0. The maximum absolute atomic E-state index is 2.43. The van der Waals surface area contributed by atoms with E-state index in [4.69, 9.17) is 0 Å². The van der Waals surface area contributed by atoms with Gasteiger partial charge in [-0.3, -0.25) is 0 Å². The van der Waals surface area contributed by atoms with Crippen LogP contribution in [0.4, 0.5) is 0 Å². The Kier molecular flexibility index (Phi) is 8.53. The van der Waals surface area contributed by atoms with Crippen LogP contribution in [0.1, 0.15) is 0 Å². The Morgan fingerprint density at radius 3 is 1.24 bits per heavy atom. The predicted octanol–water partition coefficient (Wildman–Crippen LogP) is 16.2. The number of rotatable bonds is 7. The standard InChI is InChI=1S/C60H40N2/c1-3-14-41(15-4-1)42-30-34-50(35-31-42)61-57-24-11-8-21-52(57)54-39-48(32-36-59(54)61)44-28-26-43(27-29-44)46-18-13-19-47(38-46)49-33-37-60-55(40-49)53-22-9-12-25-58(53)62(60)56-23-10-7-20-51(56)45-16-5-2-6-17-45/h1-40H. The first-order valence-corrected chi connectivity index (χ1v) is 21.3. The summed E-state index contributed by atoms with van der Waals surface area (Å²) in [5.74, 6) is 0. The van der Waals surface area contributed by atoms with E-state index in [2.05, 4.69) is 252 Å². The number of fused-ring (bicyclic) bond motifs is 6. The molecule has 2 heterocycles. The van der Waals surface area contributed by atoms with Crippen molar-refractivity contribution >= 4 is 43.6 Å². The fourth-order valence-electron chi connectivity index (χ4n) is 9.54. The number of hydrogen-bond donors (Lipinski definition) is 0. The second-order valence-electron chi connectivity index (χ2n) is 16.1. The topological polar surface area (TPSA) is 9.86 Å². The van der Waals surface area contributed by atoms with E-state index in [1.807, 2.05) is 0 Å². The molecule has 0 aliphatic carbocycles. The van der Waals surface area contributed by atoms with Crippen molar-refractivity contribution in [2.45, 2.75) is 0 Å². The minimum absolute atomic E-state index is 1.16. The van der Waals surface area contributed by atoms with Crippen LogP contribution >= 0.6 is 0 Å². The van der Waals surface area contributed by atoms with Gasteiger partial charge in [0.1, 0.15) is 0 Å². The molecule has 0 bridgehead atoms. The van der Waals surface area contributed by atoms with E-state index in [0.29, 0.717) is 0 Å². The molecule has 0 amide bonds. The van der Waals surface area contributed by atoms with Crippen LogP contribution in [0.3, 0.4) is 0 Å². The van der Waals surface area contributed by atoms with Crippen LogP contribution in [0.2, 0.25) is 0 Å². The molecule has 62 heavy (non-hydrogen) atoms. The molecule has 0 saturated heterocycles. The predicted molar refractivity (Wildman–Crippen MR) is 262 cm³/mol. The summed E-state index contributed by atoms with van der Waals surface area (Å²) in [6, 6.07) is 88.3. The zero-order valence-corrected chi connectivity index (χ0v) is 34.0. The van der Waals surface area contributed by atoms with Gasteiger partial charge in [0.05, 0.1) is 27.8 Å². The van der Waals surface area contributed by atoms with Crippen molar-refractivity contribution in [1.29, 1.82) is 0 Å². The molecule has 10 aromatic carbocycles. The minimum atomic E-state index is 1.16. The maximum atomic E-state index is 2.43. The van der Waals surface area contributed by atoms with Crippen LogP contribution in [0, 0.1) is 0 Å². The Morgan fingerprint density at radius 1 is 0.210 bits per heavy atom. The summed E-state index contributed by atoms with van der Waals surface area (Å²) in [7, 11) is 0. The molecule has 0 atom stereocenters. The molecule has 290 valence electrons. The molecule has 2 nitrogen and oxygen atoms in total. The first-order valence-electron chi connectivity index (χ1n) is 21.3. The summed E-state index contributed by atoms with van der Waals surface area (Å²) in [5, 5.41) is 5.00. The first-order chi connectivity index (χ1) is 30.7. The van der Waals surface area contributed by atoms with Crippen LogP contribution in [-0.4, -0.2) is 9.13 Å². The van der Waals surface area contributed by atoms with Gasteiger partial charge in [0.2, 0.25) is 0 Å². The largest absolute Gasteiger partial charge is 0.309 e. The van der Waals surface area contributed by atoms with E-state index in [1.165, 1.54) is 105 Å². The van der Waals surface area contributed by atoms with Crippen molar-refractivity contribution in [2.75, 3.05) is 0 Å². The second-order valence-corrected chi connectivity index (χ2v) is 16.1. The first kappa shape index (κ1) is 35.7. The lowest BCUT2D eigenvalue weighted by Gasteiger charge is -2.14. The van der Waals surface area contributed by atoms with Crippen molar-refractivity contribution in [1.82, 2.24) is 9.13 Å². The Labute approximate surface area is 360 Å². The van der Waals surface area contributed by atoms with E-state index < -0.39 is 0 Å². The monoisotopic (exact) mass is 788 g/mol. The molecule has 2 aromatic heterocycles. The summed E-state index contributed by atoms with van der Waals surface area (Å²) >= 11 is 0. The van der Waals surface area contributed by atoms with Gasteiger partial charge in [-0.25, -0.2) is 0 Å². The maximum Gasteiger partial charge on any atom is 0.0541 e. The summed E-state index contributed by atoms with van der Waals surface area (Å²) < 4.78 is 4.81. The third-order valence-electron chi connectivity index (χ3n) is 12.6. The minimum Gasteiger partial charge on any atom is -0.309 e. The van der Waals surface area contributed by atoms with Crippen molar-refractivity contribution in [3.05, 3.63) is 243 Å². The number of benzene rings is 10. The number of nitrogens with zero attached hydrogens (tertiary/aromatic N) is 2. The Bertz CT molecular complexity index is 3590. The van der Waals surface area contributed by atoms with Crippen LogP contribution in [-0.2, 0) is 0 Å². The molecule has 0 saturated carbocycles. The second kappa shape index (κ2) is 14.8. The lowest BCUT2D eigenvalue weighted by Crippen LogP contribution is -1.96. The quantitative estimate of drug-likeness (QED) is 0.152. The van der Waals surface area contributed by atoms with Crippen LogP contribution in [0.5, 0.6) is 0 Å². The zero-order valence-electron chi connectivity index (χ0n) is 34.0.